The SMILES string of the molecule is COC(=NCCc1ccc(OC)c(OC)c1)NC(=O)c1ccco1. The van der Waals surface area contributed by atoms with Gasteiger partial charge in [-0.2, -0.15) is 0 Å². The Hall–Kier alpha value is -2.96. The quantitative estimate of drug-likeness (QED) is 0.648. The minimum atomic E-state index is -0.410. The molecule has 0 radical (unpaired) electrons. The third-order valence-electron chi connectivity index (χ3n) is 3.26. The van der Waals surface area contributed by atoms with Crippen molar-refractivity contribution >= 4 is 11.9 Å². The largest absolute Gasteiger partial charge is 0.493 e. The molecule has 7 nitrogen and oxygen atoms in total. The van der Waals surface area contributed by atoms with Gasteiger partial charge in [0, 0.05) is 6.54 Å². The summed E-state index contributed by atoms with van der Waals surface area (Å²) in [4.78, 5) is 16.1. The second-order valence-electron chi connectivity index (χ2n) is 4.76. The Morgan fingerprint density at radius 3 is 2.58 bits per heavy atom. The number of amides is 1. The van der Waals surface area contributed by atoms with E-state index in [1.807, 2.05) is 18.2 Å². The standard InChI is InChI=1S/C17H20N2O5/c1-21-13-7-6-12(11-15(13)22-2)8-9-18-17(23-3)19-16(20)14-5-4-10-24-14/h4-7,10-11H,8-9H2,1-3H3,(H,18,19,20). The monoisotopic (exact) mass is 332 g/mol. The number of benzene rings is 1. The van der Waals surface area contributed by atoms with Crippen LogP contribution in [0.1, 0.15) is 16.1 Å². The predicted octanol–water partition coefficient (Wildman–Crippen LogP) is 2.27. The first-order valence-electron chi connectivity index (χ1n) is 7.32. The van der Waals surface area contributed by atoms with Crippen LogP contribution in [0.3, 0.4) is 0 Å². The van der Waals surface area contributed by atoms with Gasteiger partial charge in [0.05, 0.1) is 27.6 Å². The highest BCUT2D eigenvalue weighted by Crippen LogP contribution is 2.27. The van der Waals surface area contributed by atoms with E-state index in [-0.39, 0.29) is 11.8 Å². The summed E-state index contributed by atoms with van der Waals surface area (Å²) >= 11 is 0. The predicted molar refractivity (Wildman–Crippen MR) is 88.7 cm³/mol. The molecule has 0 spiro atoms. The summed E-state index contributed by atoms with van der Waals surface area (Å²) < 4.78 is 20.6. The molecule has 1 aromatic heterocycles. The van der Waals surface area contributed by atoms with Crippen LogP contribution in [-0.2, 0) is 11.2 Å². The van der Waals surface area contributed by atoms with Crippen LogP contribution in [-0.4, -0.2) is 39.8 Å². The van der Waals surface area contributed by atoms with Crippen molar-refractivity contribution in [1.82, 2.24) is 5.32 Å². The van der Waals surface area contributed by atoms with Gasteiger partial charge in [-0.1, -0.05) is 6.07 Å². The summed E-state index contributed by atoms with van der Waals surface area (Å²) in [6.45, 7) is 0.442. The Balaban J connectivity index is 1.94. The van der Waals surface area contributed by atoms with Crippen molar-refractivity contribution in [1.29, 1.82) is 0 Å². The Morgan fingerprint density at radius 1 is 1.17 bits per heavy atom. The van der Waals surface area contributed by atoms with Gasteiger partial charge in [0.25, 0.3) is 11.9 Å². The molecule has 2 rings (SSSR count). The van der Waals surface area contributed by atoms with E-state index in [1.165, 1.54) is 13.4 Å². The molecule has 0 aliphatic carbocycles. The number of ether oxygens (including phenoxy) is 3. The van der Waals surface area contributed by atoms with Crippen molar-refractivity contribution in [3.63, 3.8) is 0 Å². The Kier molecular flexibility index (Phi) is 6.24. The lowest BCUT2D eigenvalue weighted by Crippen LogP contribution is -2.31. The zero-order valence-corrected chi connectivity index (χ0v) is 13.9. The number of nitrogens with one attached hydrogen (secondary N) is 1. The number of nitrogens with zero attached hydrogens (tertiary/aromatic N) is 1. The molecule has 0 unspecified atom stereocenters. The molecule has 24 heavy (non-hydrogen) atoms. The molecule has 0 aliphatic heterocycles. The molecule has 1 amide bonds. The maximum Gasteiger partial charge on any atom is 0.294 e. The molecular weight excluding hydrogens is 312 g/mol. The van der Waals surface area contributed by atoms with Gasteiger partial charge >= 0.3 is 0 Å². The smallest absolute Gasteiger partial charge is 0.294 e. The highest BCUT2D eigenvalue weighted by Gasteiger charge is 2.11. The van der Waals surface area contributed by atoms with Gasteiger partial charge in [-0.05, 0) is 36.2 Å². The Morgan fingerprint density at radius 2 is 1.96 bits per heavy atom. The van der Waals surface area contributed by atoms with E-state index in [4.69, 9.17) is 18.6 Å². The average molecular weight is 332 g/mol. The summed E-state index contributed by atoms with van der Waals surface area (Å²) in [5.74, 6) is 1.12. The van der Waals surface area contributed by atoms with E-state index in [0.717, 1.165) is 5.56 Å². The number of carbonyl (C=O) groups is 1. The van der Waals surface area contributed by atoms with E-state index in [0.29, 0.717) is 24.5 Å². The molecule has 1 heterocycles. The molecule has 0 aliphatic rings. The van der Waals surface area contributed by atoms with Crippen molar-refractivity contribution in [3.8, 4) is 11.5 Å². The van der Waals surface area contributed by atoms with E-state index in [2.05, 4.69) is 10.3 Å². The van der Waals surface area contributed by atoms with Crippen LogP contribution in [0.15, 0.2) is 46.0 Å². The lowest BCUT2D eigenvalue weighted by molar-refractivity contribution is 0.0941. The van der Waals surface area contributed by atoms with Crippen LogP contribution in [0.4, 0.5) is 0 Å². The molecule has 2 aromatic rings. The van der Waals surface area contributed by atoms with Gasteiger partial charge in [-0.3, -0.25) is 10.1 Å². The number of aliphatic imine (C=N–C) groups is 1. The number of hydrogen-bond acceptors (Lipinski definition) is 6. The first kappa shape index (κ1) is 17.4. The average Bonchev–Trinajstić information content (AvgIpc) is 3.15. The molecule has 0 saturated carbocycles. The molecule has 7 heteroatoms. The number of amidine groups is 1. The number of hydrogen-bond donors (Lipinski definition) is 1. The van der Waals surface area contributed by atoms with Crippen molar-refractivity contribution in [2.24, 2.45) is 4.99 Å². The number of furan rings is 1. The number of carbonyl (C=O) groups excluding carboxylic acids is 1. The van der Waals surface area contributed by atoms with Gasteiger partial charge in [0.1, 0.15) is 0 Å². The van der Waals surface area contributed by atoms with E-state index in [1.54, 1.807) is 26.4 Å². The zero-order valence-electron chi connectivity index (χ0n) is 13.9. The van der Waals surface area contributed by atoms with Crippen molar-refractivity contribution in [2.75, 3.05) is 27.9 Å². The molecule has 1 N–H and O–H groups in total. The van der Waals surface area contributed by atoms with Crippen LogP contribution >= 0.6 is 0 Å². The van der Waals surface area contributed by atoms with Crippen molar-refractivity contribution in [3.05, 3.63) is 47.9 Å². The van der Waals surface area contributed by atoms with Gasteiger partial charge in [-0.15, -0.1) is 0 Å². The summed E-state index contributed by atoms with van der Waals surface area (Å²) in [6.07, 6.45) is 2.08. The first-order chi connectivity index (χ1) is 11.7. The van der Waals surface area contributed by atoms with Gasteiger partial charge in [-0.25, -0.2) is 4.99 Å². The third-order valence-corrected chi connectivity index (χ3v) is 3.26. The van der Waals surface area contributed by atoms with E-state index in [9.17, 15) is 4.79 Å². The minimum Gasteiger partial charge on any atom is -0.493 e. The van der Waals surface area contributed by atoms with Crippen LogP contribution in [0, 0.1) is 0 Å². The van der Waals surface area contributed by atoms with Gasteiger partial charge in [0.2, 0.25) is 0 Å². The summed E-state index contributed by atoms with van der Waals surface area (Å²) in [7, 11) is 4.62. The Labute approximate surface area is 140 Å². The molecule has 0 atom stereocenters. The Bertz CT molecular complexity index is 695. The fourth-order valence-corrected chi connectivity index (χ4v) is 2.04. The maximum absolute atomic E-state index is 11.9. The van der Waals surface area contributed by atoms with Crippen LogP contribution < -0.4 is 14.8 Å². The second-order valence-corrected chi connectivity index (χ2v) is 4.76. The van der Waals surface area contributed by atoms with E-state index < -0.39 is 5.91 Å². The number of methoxy groups -OCH3 is 3. The lowest BCUT2D eigenvalue weighted by Gasteiger charge is -2.09. The fourth-order valence-electron chi connectivity index (χ4n) is 2.04. The first-order valence-corrected chi connectivity index (χ1v) is 7.32. The zero-order chi connectivity index (χ0) is 17.4. The van der Waals surface area contributed by atoms with E-state index >= 15 is 0 Å². The van der Waals surface area contributed by atoms with Crippen LogP contribution in [0.5, 0.6) is 11.5 Å². The fraction of sp³-hybridized carbons (Fsp3) is 0.294. The lowest BCUT2D eigenvalue weighted by atomic mass is 10.1. The summed E-state index contributed by atoms with van der Waals surface area (Å²) in [5.41, 5.74) is 1.03. The van der Waals surface area contributed by atoms with Gasteiger partial charge < -0.3 is 18.6 Å². The molecule has 0 saturated heterocycles. The molecule has 128 valence electrons. The molecule has 0 fully saturated rings. The second kappa shape index (κ2) is 8.61. The topological polar surface area (TPSA) is 82.3 Å². The third kappa shape index (κ3) is 4.52. The highest BCUT2D eigenvalue weighted by atomic mass is 16.5. The highest BCUT2D eigenvalue weighted by molar-refractivity contribution is 6.02. The molecular formula is C17H20N2O5. The molecule has 0 bridgehead atoms. The minimum absolute atomic E-state index is 0.136. The summed E-state index contributed by atoms with van der Waals surface area (Å²) in [5, 5.41) is 2.55. The van der Waals surface area contributed by atoms with Crippen LogP contribution in [0.25, 0.3) is 0 Å². The maximum atomic E-state index is 11.9. The molecule has 1 aromatic carbocycles. The number of rotatable bonds is 6. The van der Waals surface area contributed by atoms with Gasteiger partial charge in [0.15, 0.2) is 17.3 Å². The normalized spacial score (nSPS) is 11.0. The van der Waals surface area contributed by atoms with Crippen molar-refractivity contribution in [2.45, 2.75) is 6.42 Å². The van der Waals surface area contributed by atoms with Crippen LogP contribution in [0.2, 0.25) is 0 Å². The van der Waals surface area contributed by atoms with Crippen molar-refractivity contribution < 1.29 is 23.4 Å². The summed E-state index contributed by atoms with van der Waals surface area (Å²) in [6, 6.07) is 9.00.